The van der Waals surface area contributed by atoms with Crippen molar-refractivity contribution in [2.24, 2.45) is 0 Å². The van der Waals surface area contributed by atoms with Gasteiger partial charge in [0.2, 0.25) is 0 Å². The highest BCUT2D eigenvalue weighted by molar-refractivity contribution is 6.21. The van der Waals surface area contributed by atoms with Crippen molar-refractivity contribution < 1.29 is 9.59 Å². The Morgan fingerprint density at radius 2 is 1.50 bits per heavy atom. The average Bonchev–Trinajstić information content (AvgIpc) is 2.64. The lowest BCUT2D eigenvalue weighted by molar-refractivity contribution is 0.0565. The molecule has 1 aromatic rings. The molecular formula is C14H14N2O2. The molecule has 92 valence electrons. The Balaban J connectivity index is 1.90. The van der Waals surface area contributed by atoms with Gasteiger partial charge in [0.15, 0.2) is 0 Å². The summed E-state index contributed by atoms with van der Waals surface area (Å²) in [5, 5.41) is 7.59. The molecule has 0 saturated heterocycles. The molecule has 0 bridgehead atoms. The zero-order chi connectivity index (χ0) is 12.7. The minimum absolute atomic E-state index is 0.0356. The maximum Gasteiger partial charge on any atom is 0.261 e. The predicted octanol–water partition coefficient (Wildman–Crippen LogP) is 2.24. The zero-order valence-corrected chi connectivity index (χ0v) is 9.98. The summed E-state index contributed by atoms with van der Waals surface area (Å²) in [7, 11) is 0. The van der Waals surface area contributed by atoms with Gasteiger partial charge in [0.1, 0.15) is 0 Å². The van der Waals surface area contributed by atoms with Crippen LogP contribution in [0.25, 0.3) is 0 Å². The number of carbonyl (C=O) groups is 2. The molecule has 3 rings (SSSR count). The third kappa shape index (κ3) is 1.56. The van der Waals surface area contributed by atoms with E-state index in [2.05, 4.69) is 0 Å². The standard InChI is InChI=1S/C14H14N2O2/c15-9-5-7-10(8-6-9)16-13(17)11-3-1-2-4-12(11)14(16)18/h1-4,10,15H,5-8H2. The quantitative estimate of drug-likeness (QED) is 0.768. The molecule has 4 nitrogen and oxygen atoms in total. The molecule has 0 aromatic heterocycles. The van der Waals surface area contributed by atoms with E-state index >= 15 is 0 Å². The fraction of sp³-hybridized carbons (Fsp3) is 0.357. The SMILES string of the molecule is N=C1CCC(N2C(=O)c3ccccc3C2=O)CC1. The van der Waals surface area contributed by atoms with Gasteiger partial charge in [-0.3, -0.25) is 14.5 Å². The van der Waals surface area contributed by atoms with Crippen LogP contribution in [0.2, 0.25) is 0 Å². The highest BCUT2D eigenvalue weighted by Gasteiger charge is 2.40. The molecule has 1 fully saturated rings. The molecule has 1 N–H and O–H groups in total. The van der Waals surface area contributed by atoms with Gasteiger partial charge < -0.3 is 5.41 Å². The molecule has 2 aliphatic rings. The first-order valence-corrected chi connectivity index (χ1v) is 6.21. The Kier molecular flexibility index (Phi) is 2.51. The van der Waals surface area contributed by atoms with Gasteiger partial charge in [-0.2, -0.15) is 0 Å². The van der Waals surface area contributed by atoms with Crippen LogP contribution in [0.15, 0.2) is 24.3 Å². The lowest BCUT2D eigenvalue weighted by atomic mass is 9.92. The zero-order valence-electron chi connectivity index (χ0n) is 9.98. The van der Waals surface area contributed by atoms with Crippen LogP contribution < -0.4 is 0 Å². The molecule has 18 heavy (non-hydrogen) atoms. The Morgan fingerprint density at radius 1 is 1.00 bits per heavy atom. The van der Waals surface area contributed by atoms with Crippen LogP contribution in [0.1, 0.15) is 46.4 Å². The van der Waals surface area contributed by atoms with Crippen molar-refractivity contribution in [2.75, 3.05) is 0 Å². The van der Waals surface area contributed by atoms with E-state index < -0.39 is 0 Å². The highest BCUT2D eigenvalue weighted by atomic mass is 16.2. The van der Waals surface area contributed by atoms with Crippen LogP contribution in [0.4, 0.5) is 0 Å². The summed E-state index contributed by atoms with van der Waals surface area (Å²) in [6.07, 6.45) is 2.84. The second-order valence-electron chi connectivity index (χ2n) is 4.86. The maximum absolute atomic E-state index is 12.2. The van der Waals surface area contributed by atoms with Crippen molar-refractivity contribution >= 4 is 17.5 Å². The lowest BCUT2D eigenvalue weighted by Crippen LogP contribution is -2.42. The van der Waals surface area contributed by atoms with Crippen molar-refractivity contribution in [3.05, 3.63) is 35.4 Å². The van der Waals surface area contributed by atoms with Gasteiger partial charge in [-0.1, -0.05) is 12.1 Å². The van der Waals surface area contributed by atoms with Gasteiger partial charge in [0, 0.05) is 11.8 Å². The number of nitrogens with zero attached hydrogens (tertiary/aromatic N) is 1. The largest absolute Gasteiger partial charge is 0.310 e. The first-order valence-electron chi connectivity index (χ1n) is 6.21. The minimum atomic E-state index is -0.172. The van der Waals surface area contributed by atoms with Gasteiger partial charge in [-0.05, 0) is 37.8 Å². The number of benzene rings is 1. The van der Waals surface area contributed by atoms with Crippen molar-refractivity contribution in [2.45, 2.75) is 31.7 Å². The Hall–Kier alpha value is -1.97. The van der Waals surface area contributed by atoms with Crippen LogP contribution in [0.3, 0.4) is 0 Å². The van der Waals surface area contributed by atoms with E-state index in [1.54, 1.807) is 24.3 Å². The van der Waals surface area contributed by atoms with E-state index in [0.717, 1.165) is 18.6 Å². The van der Waals surface area contributed by atoms with Crippen molar-refractivity contribution in [1.82, 2.24) is 4.90 Å². The summed E-state index contributed by atoms with van der Waals surface area (Å²) < 4.78 is 0. The number of amides is 2. The second-order valence-corrected chi connectivity index (χ2v) is 4.86. The normalized spacial score (nSPS) is 23.4. The molecule has 1 aromatic carbocycles. The number of imide groups is 1. The minimum Gasteiger partial charge on any atom is -0.310 e. The molecular weight excluding hydrogens is 228 g/mol. The van der Waals surface area contributed by atoms with E-state index in [-0.39, 0.29) is 17.9 Å². The number of carbonyl (C=O) groups excluding carboxylic acids is 2. The monoisotopic (exact) mass is 242 g/mol. The molecule has 0 radical (unpaired) electrons. The number of nitrogens with one attached hydrogen (secondary N) is 1. The van der Waals surface area contributed by atoms with Crippen molar-refractivity contribution in [3.63, 3.8) is 0 Å². The first kappa shape index (κ1) is 11.1. The van der Waals surface area contributed by atoms with Crippen molar-refractivity contribution in [1.29, 1.82) is 5.41 Å². The number of hydrogen-bond donors (Lipinski definition) is 1. The Morgan fingerprint density at radius 3 is 2.00 bits per heavy atom. The van der Waals surface area contributed by atoms with Crippen LogP contribution in [-0.2, 0) is 0 Å². The summed E-state index contributed by atoms with van der Waals surface area (Å²) in [4.78, 5) is 25.9. The molecule has 4 heteroatoms. The lowest BCUT2D eigenvalue weighted by Gasteiger charge is -2.29. The summed E-state index contributed by atoms with van der Waals surface area (Å²) in [5.74, 6) is -0.344. The van der Waals surface area contributed by atoms with Gasteiger partial charge in [0.05, 0.1) is 11.1 Å². The fourth-order valence-corrected chi connectivity index (χ4v) is 2.75. The molecule has 1 aliphatic carbocycles. The van der Waals surface area contributed by atoms with Crippen LogP contribution in [0.5, 0.6) is 0 Å². The molecule has 1 saturated carbocycles. The molecule has 0 unspecified atom stereocenters. The van der Waals surface area contributed by atoms with Crippen LogP contribution in [0, 0.1) is 5.41 Å². The van der Waals surface area contributed by atoms with Crippen LogP contribution in [-0.4, -0.2) is 28.5 Å². The second kappa shape index (κ2) is 4.05. The Labute approximate surface area is 105 Å². The molecule has 2 amide bonds. The van der Waals surface area contributed by atoms with Crippen molar-refractivity contribution in [3.8, 4) is 0 Å². The van der Waals surface area contributed by atoms with E-state index in [4.69, 9.17) is 5.41 Å². The number of hydrogen-bond acceptors (Lipinski definition) is 3. The number of fused-ring (bicyclic) bond motifs is 1. The summed E-state index contributed by atoms with van der Waals surface area (Å²) in [6.45, 7) is 0. The molecule has 0 atom stereocenters. The van der Waals surface area contributed by atoms with E-state index in [9.17, 15) is 9.59 Å². The van der Waals surface area contributed by atoms with Gasteiger partial charge in [0.25, 0.3) is 11.8 Å². The van der Waals surface area contributed by atoms with Crippen LogP contribution >= 0.6 is 0 Å². The van der Waals surface area contributed by atoms with E-state index in [1.807, 2.05) is 0 Å². The third-order valence-corrected chi connectivity index (χ3v) is 3.75. The highest BCUT2D eigenvalue weighted by Crippen LogP contribution is 2.29. The summed E-state index contributed by atoms with van der Waals surface area (Å²) in [6, 6.07) is 6.95. The fourth-order valence-electron chi connectivity index (χ4n) is 2.75. The molecule has 1 aliphatic heterocycles. The topological polar surface area (TPSA) is 61.2 Å². The smallest absolute Gasteiger partial charge is 0.261 e. The maximum atomic E-state index is 12.2. The average molecular weight is 242 g/mol. The predicted molar refractivity (Wildman–Crippen MR) is 66.9 cm³/mol. The Bertz CT molecular complexity index is 505. The summed E-state index contributed by atoms with van der Waals surface area (Å²) >= 11 is 0. The van der Waals surface area contributed by atoms with Gasteiger partial charge >= 0.3 is 0 Å². The number of rotatable bonds is 1. The first-order chi connectivity index (χ1) is 8.68. The van der Waals surface area contributed by atoms with Gasteiger partial charge in [-0.25, -0.2) is 0 Å². The summed E-state index contributed by atoms with van der Waals surface area (Å²) in [5.41, 5.74) is 1.76. The van der Waals surface area contributed by atoms with E-state index in [0.29, 0.717) is 24.0 Å². The third-order valence-electron chi connectivity index (χ3n) is 3.75. The van der Waals surface area contributed by atoms with Gasteiger partial charge in [-0.15, -0.1) is 0 Å². The molecule has 0 spiro atoms. The molecule has 1 heterocycles. The van der Waals surface area contributed by atoms with E-state index in [1.165, 1.54) is 4.90 Å².